The Bertz CT molecular complexity index is 779. The molecule has 0 aliphatic heterocycles. The number of hydrogen-bond acceptors (Lipinski definition) is 5. The monoisotopic (exact) mass is 382 g/mol. The number of non-ortho nitro benzene ring substituents is 1. The van der Waals surface area contributed by atoms with Crippen LogP contribution in [0.15, 0.2) is 54.6 Å². The minimum Gasteiger partial charge on any atom is -0.460 e. The summed E-state index contributed by atoms with van der Waals surface area (Å²) in [7, 11) is 0. The van der Waals surface area contributed by atoms with Gasteiger partial charge in [-0.2, -0.15) is 13.2 Å². The highest BCUT2D eigenvalue weighted by Crippen LogP contribution is 2.24. The number of benzene rings is 2. The van der Waals surface area contributed by atoms with E-state index in [0.717, 1.165) is 24.3 Å². The first kappa shape index (κ1) is 20.4. The van der Waals surface area contributed by atoms with Crippen LogP contribution >= 0.6 is 0 Å². The zero-order chi connectivity index (χ0) is 20.0. The number of nitrogens with zero attached hydrogens (tertiary/aromatic N) is 1. The molecule has 0 amide bonds. The fraction of sp³-hybridized carbons (Fsp3) is 0.278. The number of carbonyl (C=O) groups is 1. The lowest BCUT2D eigenvalue weighted by Gasteiger charge is -2.25. The lowest BCUT2D eigenvalue weighted by atomic mass is 10.1. The number of rotatable bonds is 7. The zero-order valence-corrected chi connectivity index (χ0v) is 14.3. The third kappa shape index (κ3) is 5.78. The molecule has 0 unspecified atom stereocenters. The molecule has 144 valence electrons. The Morgan fingerprint density at radius 2 is 1.74 bits per heavy atom. The molecule has 9 heteroatoms. The van der Waals surface area contributed by atoms with Gasteiger partial charge in [-0.25, -0.2) is 4.79 Å². The minimum absolute atomic E-state index is 0.0716. The molecule has 2 rings (SSSR count). The smallest absolute Gasteiger partial charge is 0.407 e. The van der Waals surface area contributed by atoms with Crippen molar-refractivity contribution >= 4 is 11.7 Å². The Balaban J connectivity index is 2.01. The van der Waals surface area contributed by atoms with Gasteiger partial charge in [0.1, 0.15) is 12.6 Å². The van der Waals surface area contributed by atoms with Gasteiger partial charge in [0.2, 0.25) is 0 Å². The summed E-state index contributed by atoms with van der Waals surface area (Å²) in [5.41, 5.74) is 0.351. The molecule has 0 saturated heterocycles. The predicted molar refractivity (Wildman–Crippen MR) is 91.2 cm³/mol. The third-order valence-corrected chi connectivity index (χ3v) is 3.84. The van der Waals surface area contributed by atoms with Gasteiger partial charge in [-0.05, 0) is 24.6 Å². The number of ether oxygens (including phenoxy) is 1. The summed E-state index contributed by atoms with van der Waals surface area (Å²) < 4.78 is 44.5. The second-order valence-electron chi connectivity index (χ2n) is 5.80. The number of alkyl halides is 3. The number of nitro groups is 1. The largest absolute Gasteiger partial charge is 0.460 e. The molecule has 0 heterocycles. The fourth-order valence-corrected chi connectivity index (χ4v) is 2.34. The number of nitrogens with one attached hydrogen (secondary N) is 1. The lowest BCUT2D eigenvalue weighted by Crippen LogP contribution is -2.47. The van der Waals surface area contributed by atoms with Gasteiger partial charge < -0.3 is 4.74 Å². The van der Waals surface area contributed by atoms with Crippen molar-refractivity contribution in [2.75, 3.05) is 6.61 Å². The Morgan fingerprint density at radius 1 is 1.15 bits per heavy atom. The highest BCUT2D eigenvalue weighted by atomic mass is 19.4. The van der Waals surface area contributed by atoms with E-state index < -0.39 is 35.8 Å². The van der Waals surface area contributed by atoms with Crippen molar-refractivity contribution in [1.29, 1.82) is 0 Å². The molecule has 0 bridgehead atoms. The normalized spacial score (nSPS) is 13.6. The maximum absolute atomic E-state index is 13.3. The molecular formula is C18H17F3N2O4. The molecule has 0 radical (unpaired) electrons. The van der Waals surface area contributed by atoms with Crippen LogP contribution in [0.1, 0.15) is 28.9 Å². The maximum atomic E-state index is 13.3. The van der Waals surface area contributed by atoms with E-state index in [2.05, 4.69) is 5.32 Å². The summed E-state index contributed by atoms with van der Waals surface area (Å²) in [6.45, 7) is 0.655. The SMILES string of the molecule is C[C@H](N[C@H](COC(=O)c1ccc([N+](=O)[O-])cc1)C(F)(F)F)c1ccccc1. The average Bonchev–Trinajstić information content (AvgIpc) is 2.64. The van der Waals surface area contributed by atoms with Crippen molar-refractivity contribution in [1.82, 2.24) is 5.32 Å². The molecule has 1 N–H and O–H groups in total. The van der Waals surface area contributed by atoms with Crippen LogP contribution in [0.5, 0.6) is 0 Å². The van der Waals surface area contributed by atoms with Gasteiger partial charge in [-0.3, -0.25) is 15.4 Å². The van der Waals surface area contributed by atoms with E-state index in [1.165, 1.54) is 0 Å². The maximum Gasteiger partial charge on any atom is 0.407 e. The number of carbonyl (C=O) groups excluding carboxylic acids is 1. The van der Waals surface area contributed by atoms with E-state index in [1.807, 2.05) is 0 Å². The van der Waals surface area contributed by atoms with E-state index >= 15 is 0 Å². The second kappa shape index (κ2) is 8.63. The van der Waals surface area contributed by atoms with Crippen LogP contribution in [-0.2, 0) is 4.74 Å². The van der Waals surface area contributed by atoms with E-state index in [-0.39, 0.29) is 11.3 Å². The number of esters is 1. The second-order valence-corrected chi connectivity index (χ2v) is 5.80. The van der Waals surface area contributed by atoms with Crippen molar-refractivity contribution in [3.63, 3.8) is 0 Å². The molecule has 6 nitrogen and oxygen atoms in total. The molecule has 27 heavy (non-hydrogen) atoms. The lowest BCUT2D eigenvalue weighted by molar-refractivity contribution is -0.384. The Morgan fingerprint density at radius 3 is 2.26 bits per heavy atom. The summed E-state index contributed by atoms with van der Waals surface area (Å²) in [5.74, 6) is -0.992. The highest BCUT2D eigenvalue weighted by molar-refractivity contribution is 5.89. The van der Waals surface area contributed by atoms with Crippen LogP contribution < -0.4 is 5.32 Å². The Hall–Kier alpha value is -2.94. The quantitative estimate of drug-likeness (QED) is 0.444. The van der Waals surface area contributed by atoms with Gasteiger partial charge in [0.05, 0.1) is 10.5 Å². The summed E-state index contributed by atoms with van der Waals surface area (Å²) in [4.78, 5) is 21.9. The summed E-state index contributed by atoms with van der Waals surface area (Å²) >= 11 is 0. The Labute approximate surface area is 153 Å². The molecule has 2 atom stereocenters. The third-order valence-electron chi connectivity index (χ3n) is 3.84. The van der Waals surface area contributed by atoms with E-state index in [9.17, 15) is 28.1 Å². The van der Waals surface area contributed by atoms with Gasteiger partial charge >= 0.3 is 12.1 Å². The van der Waals surface area contributed by atoms with Gasteiger partial charge in [-0.15, -0.1) is 0 Å². The van der Waals surface area contributed by atoms with Crippen molar-refractivity contribution in [2.45, 2.75) is 25.2 Å². The van der Waals surface area contributed by atoms with Crippen LogP contribution in [0.3, 0.4) is 0 Å². The molecule has 0 aliphatic rings. The summed E-state index contributed by atoms with van der Waals surface area (Å²) in [5, 5.41) is 13.0. The molecule has 0 spiro atoms. The fourth-order valence-electron chi connectivity index (χ4n) is 2.34. The predicted octanol–water partition coefficient (Wildman–Crippen LogP) is 4.03. The van der Waals surface area contributed by atoms with Gasteiger partial charge in [-0.1, -0.05) is 30.3 Å². The minimum atomic E-state index is -4.63. The molecule has 2 aromatic carbocycles. The van der Waals surface area contributed by atoms with Crippen LogP contribution in [0, 0.1) is 10.1 Å². The summed E-state index contributed by atoms with van der Waals surface area (Å²) in [6, 6.07) is 10.3. The molecular weight excluding hydrogens is 365 g/mol. The van der Waals surface area contributed by atoms with Crippen molar-refractivity contribution < 1.29 is 27.6 Å². The topological polar surface area (TPSA) is 81.5 Å². The van der Waals surface area contributed by atoms with Crippen LogP contribution in [0.2, 0.25) is 0 Å². The first-order valence-corrected chi connectivity index (χ1v) is 7.97. The van der Waals surface area contributed by atoms with Gasteiger partial charge in [0.15, 0.2) is 0 Å². The summed E-state index contributed by atoms with van der Waals surface area (Å²) in [6.07, 6.45) is -4.63. The van der Waals surface area contributed by atoms with E-state index in [1.54, 1.807) is 37.3 Å². The van der Waals surface area contributed by atoms with E-state index in [4.69, 9.17) is 4.74 Å². The van der Waals surface area contributed by atoms with E-state index in [0.29, 0.717) is 5.56 Å². The first-order chi connectivity index (χ1) is 12.7. The van der Waals surface area contributed by atoms with Crippen molar-refractivity contribution in [3.05, 3.63) is 75.8 Å². The molecule has 2 aromatic rings. The number of halogens is 3. The highest BCUT2D eigenvalue weighted by Gasteiger charge is 2.41. The van der Waals surface area contributed by atoms with Crippen LogP contribution in [0.4, 0.5) is 18.9 Å². The first-order valence-electron chi connectivity index (χ1n) is 7.97. The number of nitro benzene ring substituents is 1. The zero-order valence-electron chi connectivity index (χ0n) is 14.3. The van der Waals surface area contributed by atoms with Crippen molar-refractivity contribution in [2.24, 2.45) is 0 Å². The van der Waals surface area contributed by atoms with Crippen LogP contribution in [-0.4, -0.2) is 29.7 Å². The Kier molecular flexibility index (Phi) is 6.51. The van der Waals surface area contributed by atoms with Gasteiger partial charge in [0, 0.05) is 18.2 Å². The average molecular weight is 382 g/mol. The van der Waals surface area contributed by atoms with Gasteiger partial charge in [0.25, 0.3) is 5.69 Å². The van der Waals surface area contributed by atoms with Crippen LogP contribution in [0.25, 0.3) is 0 Å². The molecule has 0 aromatic heterocycles. The molecule has 0 aliphatic carbocycles. The standard InChI is InChI=1S/C18H17F3N2O4/c1-12(13-5-3-2-4-6-13)22-16(18(19,20)21)11-27-17(24)14-7-9-15(10-8-14)23(25)26/h2-10,12,16,22H,11H2,1H3/t12-,16+/m0/s1. The molecule has 0 saturated carbocycles. The van der Waals surface area contributed by atoms with Crippen molar-refractivity contribution in [3.8, 4) is 0 Å². The number of hydrogen-bond donors (Lipinski definition) is 1. The molecule has 0 fully saturated rings.